The number of benzene rings is 2. The monoisotopic (exact) mass is 485 g/mol. The molecule has 0 bridgehead atoms. The highest BCUT2D eigenvalue weighted by molar-refractivity contribution is 7.92. The summed E-state index contributed by atoms with van der Waals surface area (Å²) in [7, 11) is -1.17. The largest absolute Gasteiger partial charge is 0.497 e. The third-order valence-electron chi connectivity index (χ3n) is 4.97. The number of aromatic nitrogens is 1. The Hall–Kier alpha value is -3.79. The van der Waals surface area contributed by atoms with E-state index in [1.165, 1.54) is 38.6 Å². The minimum atomic E-state index is -4.01. The number of pyridine rings is 1. The number of amides is 1. The minimum Gasteiger partial charge on any atom is -0.497 e. The van der Waals surface area contributed by atoms with Crippen molar-refractivity contribution in [3.63, 3.8) is 0 Å². The van der Waals surface area contributed by atoms with Crippen LogP contribution in [-0.4, -0.2) is 39.6 Å². The molecule has 3 aromatic rings. The third-order valence-corrected chi connectivity index (χ3v) is 6.37. The van der Waals surface area contributed by atoms with Gasteiger partial charge in [-0.05, 0) is 49.7 Å². The lowest BCUT2D eigenvalue weighted by molar-refractivity contribution is 0.0936. The first-order chi connectivity index (χ1) is 16.3. The fourth-order valence-electron chi connectivity index (χ4n) is 2.99. The van der Waals surface area contributed by atoms with Gasteiger partial charge in [0.2, 0.25) is 5.88 Å². The topological polar surface area (TPSA) is 116 Å². The fourth-order valence-corrected chi connectivity index (χ4v) is 4.22. The van der Waals surface area contributed by atoms with Crippen LogP contribution in [0.4, 0.5) is 5.69 Å². The number of carbonyl (C=O) groups is 1. The van der Waals surface area contributed by atoms with Gasteiger partial charge in [0.15, 0.2) is 0 Å². The third kappa shape index (κ3) is 5.96. The van der Waals surface area contributed by atoms with Gasteiger partial charge in [-0.3, -0.25) is 9.52 Å². The van der Waals surface area contributed by atoms with Gasteiger partial charge in [0.05, 0.1) is 19.9 Å². The molecule has 0 spiro atoms. The Kier molecular flexibility index (Phi) is 7.95. The van der Waals surface area contributed by atoms with Crippen molar-refractivity contribution < 1.29 is 27.4 Å². The fraction of sp³-hybridized carbons (Fsp3) is 0.250. The molecule has 2 N–H and O–H groups in total. The molecule has 0 aliphatic carbocycles. The van der Waals surface area contributed by atoms with Crippen LogP contribution in [0.1, 0.15) is 30.6 Å². The van der Waals surface area contributed by atoms with E-state index in [1.807, 2.05) is 13.8 Å². The molecule has 3 rings (SSSR count). The number of anilines is 1. The highest BCUT2D eigenvalue weighted by Gasteiger charge is 2.21. The summed E-state index contributed by atoms with van der Waals surface area (Å²) in [5, 5.41) is 2.88. The number of methoxy groups -OCH3 is 2. The summed E-state index contributed by atoms with van der Waals surface area (Å²) in [6.45, 7) is 3.88. The van der Waals surface area contributed by atoms with E-state index in [-0.39, 0.29) is 39.7 Å². The van der Waals surface area contributed by atoms with E-state index in [2.05, 4.69) is 15.0 Å². The summed E-state index contributed by atoms with van der Waals surface area (Å²) >= 11 is 0. The number of rotatable bonds is 10. The Labute approximate surface area is 199 Å². The molecule has 9 nitrogen and oxygen atoms in total. The molecule has 0 saturated carbocycles. The number of sulfonamides is 1. The molecule has 0 saturated heterocycles. The molecule has 0 radical (unpaired) electrons. The molecule has 2 aromatic carbocycles. The molecule has 34 heavy (non-hydrogen) atoms. The zero-order chi connectivity index (χ0) is 24.7. The minimum absolute atomic E-state index is 0.00751. The van der Waals surface area contributed by atoms with E-state index >= 15 is 0 Å². The Morgan fingerprint density at radius 2 is 1.82 bits per heavy atom. The maximum Gasteiger partial charge on any atom is 0.265 e. The van der Waals surface area contributed by atoms with Crippen LogP contribution in [0.2, 0.25) is 0 Å². The summed E-state index contributed by atoms with van der Waals surface area (Å²) < 4.78 is 44.8. The van der Waals surface area contributed by atoms with Crippen molar-refractivity contribution in [1.82, 2.24) is 10.3 Å². The lowest BCUT2D eigenvalue weighted by Gasteiger charge is -2.15. The summed E-state index contributed by atoms with van der Waals surface area (Å²) in [5.41, 5.74) is 0.527. The number of nitrogens with zero attached hydrogens (tertiary/aromatic N) is 1. The van der Waals surface area contributed by atoms with E-state index in [0.717, 1.165) is 6.42 Å². The van der Waals surface area contributed by atoms with Gasteiger partial charge in [0, 0.05) is 24.4 Å². The van der Waals surface area contributed by atoms with Gasteiger partial charge < -0.3 is 19.5 Å². The van der Waals surface area contributed by atoms with Crippen molar-refractivity contribution in [1.29, 1.82) is 0 Å². The molecule has 0 aliphatic heterocycles. The first kappa shape index (κ1) is 24.8. The molecule has 1 aromatic heterocycles. The Morgan fingerprint density at radius 1 is 1.03 bits per heavy atom. The summed E-state index contributed by atoms with van der Waals surface area (Å²) in [6, 6.07) is 14.1. The van der Waals surface area contributed by atoms with Gasteiger partial charge in [-0.25, -0.2) is 13.4 Å². The quantitative estimate of drug-likeness (QED) is 0.442. The second-order valence-electron chi connectivity index (χ2n) is 7.39. The number of nitrogens with one attached hydrogen (secondary N) is 2. The van der Waals surface area contributed by atoms with Crippen LogP contribution in [-0.2, 0) is 10.0 Å². The highest BCUT2D eigenvalue weighted by Crippen LogP contribution is 2.31. The van der Waals surface area contributed by atoms with Crippen LogP contribution >= 0.6 is 0 Å². The predicted molar refractivity (Wildman–Crippen MR) is 128 cm³/mol. The van der Waals surface area contributed by atoms with Gasteiger partial charge in [-0.15, -0.1) is 0 Å². The number of hydrogen-bond acceptors (Lipinski definition) is 7. The summed E-state index contributed by atoms with van der Waals surface area (Å²) in [6.07, 6.45) is 2.29. The standard InChI is InChI=1S/C24H27N3O6S/c1-5-16(2)26-23(28)20-10-7-13-25-24(20)33-19-9-6-8-17(14-19)27-34(29,30)22-15-18(31-3)11-12-21(22)32-4/h6-16,27H,5H2,1-4H3,(H,26,28). The van der Waals surface area contributed by atoms with Gasteiger partial charge in [0.25, 0.3) is 15.9 Å². The van der Waals surface area contributed by atoms with Crippen LogP contribution in [0.5, 0.6) is 23.1 Å². The predicted octanol–water partition coefficient (Wildman–Crippen LogP) is 4.22. The average molecular weight is 486 g/mol. The molecule has 1 heterocycles. The molecule has 0 fully saturated rings. The molecular formula is C24H27N3O6S. The van der Waals surface area contributed by atoms with Crippen LogP contribution in [0, 0.1) is 0 Å². The van der Waals surface area contributed by atoms with Crippen LogP contribution in [0.3, 0.4) is 0 Å². The van der Waals surface area contributed by atoms with Crippen molar-refractivity contribution in [2.45, 2.75) is 31.2 Å². The number of hydrogen-bond donors (Lipinski definition) is 2. The van der Waals surface area contributed by atoms with E-state index in [0.29, 0.717) is 11.5 Å². The molecular weight excluding hydrogens is 458 g/mol. The normalized spacial score (nSPS) is 11.9. The van der Waals surface area contributed by atoms with Gasteiger partial charge >= 0.3 is 0 Å². The van der Waals surface area contributed by atoms with Crippen LogP contribution in [0.25, 0.3) is 0 Å². The van der Waals surface area contributed by atoms with Crippen LogP contribution < -0.4 is 24.2 Å². The SMILES string of the molecule is CCC(C)NC(=O)c1cccnc1Oc1cccc(NS(=O)(=O)c2cc(OC)ccc2OC)c1. The van der Waals surface area contributed by atoms with E-state index in [4.69, 9.17) is 14.2 Å². The molecule has 1 atom stereocenters. The lowest BCUT2D eigenvalue weighted by atomic mass is 10.2. The van der Waals surface area contributed by atoms with Crippen molar-refractivity contribution >= 4 is 21.6 Å². The van der Waals surface area contributed by atoms with E-state index in [1.54, 1.807) is 36.4 Å². The Bertz CT molecular complexity index is 1260. The zero-order valence-corrected chi connectivity index (χ0v) is 20.2. The molecule has 180 valence electrons. The first-order valence-electron chi connectivity index (χ1n) is 10.6. The maximum atomic E-state index is 13.0. The van der Waals surface area contributed by atoms with E-state index < -0.39 is 10.0 Å². The first-order valence-corrected chi connectivity index (χ1v) is 12.0. The van der Waals surface area contributed by atoms with Crippen molar-refractivity contribution in [2.24, 2.45) is 0 Å². The molecule has 0 aliphatic rings. The van der Waals surface area contributed by atoms with Crippen LogP contribution in [0.15, 0.2) is 65.7 Å². The number of carbonyl (C=O) groups excluding carboxylic acids is 1. The van der Waals surface area contributed by atoms with Crippen molar-refractivity contribution in [3.8, 4) is 23.1 Å². The van der Waals surface area contributed by atoms with Crippen molar-refractivity contribution in [3.05, 3.63) is 66.4 Å². The molecule has 1 unspecified atom stereocenters. The lowest BCUT2D eigenvalue weighted by Crippen LogP contribution is -2.32. The molecule has 1 amide bonds. The maximum absolute atomic E-state index is 13.0. The Balaban J connectivity index is 1.85. The Morgan fingerprint density at radius 3 is 2.53 bits per heavy atom. The van der Waals surface area contributed by atoms with Crippen molar-refractivity contribution in [2.75, 3.05) is 18.9 Å². The van der Waals surface area contributed by atoms with Gasteiger partial charge in [-0.1, -0.05) is 13.0 Å². The summed E-state index contributed by atoms with van der Waals surface area (Å²) in [4.78, 5) is 16.7. The number of ether oxygens (including phenoxy) is 3. The smallest absolute Gasteiger partial charge is 0.265 e. The zero-order valence-electron chi connectivity index (χ0n) is 19.4. The summed E-state index contributed by atoms with van der Waals surface area (Å²) in [5.74, 6) is 0.647. The second-order valence-corrected chi connectivity index (χ2v) is 9.04. The second kappa shape index (κ2) is 10.9. The van der Waals surface area contributed by atoms with Gasteiger partial charge in [0.1, 0.15) is 27.7 Å². The van der Waals surface area contributed by atoms with Gasteiger partial charge in [-0.2, -0.15) is 0 Å². The highest BCUT2D eigenvalue weighted by atomic mass is 32.2. The van der Waals surface area contributed by atoms with E-state index in [9.17, 15) is 13.2 Å². The average Bonchev–Trinajstić information content (AvgIpc) is 2.83. The molecule has 10 heteroatoms.